The summed E-state index contributed by atoms with van der Waals surface area (Å²) >= 11 is 0. The summed E-state index contributed by atoms with van der Waals surface area (Å²) in [5.74, 6) is 2.22. The van der Waals surface area contributed by atoms with E-state index in [2.05, 4.69) is 53.4 Å². The van der Waals surface area contributed by atoms with Crippen molar-refractivity contribution >= 4 is 5.91 Å². The summed E-state index contributed by atoms with van der Waals surface area (Å²) < 4.78 is 5.67. The minimum atomic E-state index is -0.105. The molecular formula is C23H39NO2. The van der Waals surface area contributed by atoms with Gasteiger partial charge in [-0.1, -0.05) is 27.2 Å². The summed E-state index contributed by atoms with van der Waals surface area (Å²) in [5, 5.41) is 0. The molecule has 2 aliphatic rings. The number of allylic oxidation sites excluding steroid dienone is 3. The Morgan fingerprint density at radius 3 is 2.23 bits per heavy atom. The zero-order valence-electron chi connectivity index (χ0n) is 18.2. The minimum absolute atomic E-state index is 0.105. The Balaban J connectivity index is 2.50. The van der Waals surface area contributed by atoms with Crippen molar-refractivity contribution in [1.29, 1.82) is 0 Å². The highest BCUT2D eigenvalue weighted by molar-refractivity contribution is 5.96. The number of hydrogen-bond acceptors (Lipinski definition) is 2. The summed E-state index contributed by atoms with van der Waals surface area (Å²) in [4.78, 5) is 16.0. The van der Waals surface area contributed by atoms with Gasteiger partial charge in [-0.3, -0.25) is 4.79 Å². The first-order chi connectivity index (χ1) is 12.1. The molecule has 1 amide bonds. The molecule has 2 rings (SSSR count). The number of nitrogens with zero attached hydrogens (tertiary/aromatic N) is 1. The third kappa shape index (κ3) is 3.73. The van der Waals surface area contributed by atoms with E-state index in [0.29, 0.717) is 5.92 Å². The molecule has 1 saturated heterocycles. The molecule has 0 bridgehead atoms. The van der Waals surface area contributed by atoms with Crippen LogP contribution in [0.4, 0.5) is 0 Å². The summed E-state index contributed by atoms with van der Waals surface area (Å²) in [6.07, 6.45) is 9.46. The van der Waals surface area contributed by atoms with Crippen molar-refractivity contribution in [1.82, 2.24) is 4.90 Å². The van der Waals surface area contributed by atoms with E-state index in [-0.39, 0.29) is 28.8 Å². The number of carbonyl (C=O) groups excluding carboxylic acids is 1. The van der Waals surface area contributed by atoms with Gasteiger partial charge >= 0.3 is 0 Å². The maximum atomic E-state index is 13.9. The van der Waals surface area contributed by atoms with E-state index in [1.54, 1.807) is 7.11 Å². The Hall–Kier alpha value is -1.25. The molecule has 1 heterocycles. The normalized spacial score (nSPS) is 28.8. The van der Waals surface area contributed by atoms with Crippen LogP contribution in [-0.4, -0.2) is 29.0 Å². The lowest BCUT2D eigenvalue weighted by Gasteiger charge is -2.54. The zero-order valence-corrected chi connectivity index (χ0v) is 18.2. The average molecular weight is 362 g/mol. The fourth-order valence-electron chi connectivity index (χ4n) is 5.32. The predicted octanol–water partition coefficient (Wildman–Crippen LogP) is 5.71. The van der Waals surface area contributed by atoms with Crippen LogP contribution in [0.2, 0.25) is 0 Å². The van der Waals surface area contributed by atoms with Crippen molar-refractivity contribution < 1.29 is 9.53 Å². The van der Waals surface area contributed by atoms with Gasteiger partial charge in [0.25, 0.3) is 5.91 Å². The molecule has 26 heavy (non-hydrogen) atoms. The fraction of sp³-hybridized carbons (Fsp3) is 0.783. The molecular weight excluding hydrogens is 322 g/mol. The summed E-state index contributed by atoms with van der Waals surface area (Å²) in [6.45, 7) is 15.6. The maximum Gasteiger partial charge on any atom is 0.250 e. The molecule has 3 atom stereocenters. The summed E-state index contributed by atoms with van der Waals surface area (Å²) in [5.41, 5.74) is 0.772. The van der Waals surface area contributed by atoms with Crippen LogP contribution in [0.15, 0.2) is 23.5 Å². The molecule has 1 aliphatic heterocycles. The van der Waals surface area contributed by atoms with Crippen LogP contribution in [-0.2, 0) is 9.53 Å². The van der Waals surface area contributed by atoms with Crippen molar-refractivity contribution in [3.8, 4) is 0 Å². The molecule has 0 aromatic heterocycles. The van der Waals surface area contributed by atoms with Gasteiger partial charge < -0.3 is 9.64 Å². The van der Waals surface area contributed by atoms with Crippen LogP contribution in [0.1, 0.15) is 80.6 Å². The van der Waals surface area contributed by atoms with Gasteiger partial charge in [0.15, 0.2) is 0 Å². The number of amides is 1. The monoisotopic (exact) mass is 361 g/mol. The molecule has 148 valence electrons. The van der Waals surface area contributed by atoms with E-state index < -0.39 is 0 Å². The second-order valence-electron chi connectivity index (χ2n) is 9.44. The third-order valence-electron chi connectivity index (χ3n) is 6.76. The van der Waals surface area contributed by atoms with Crippen molar-refractivity contribution in [2.45, 2.75) is 91.6 Å². The average Bonchev–Trinajstić information content (AvgIpc) is 2.57. The molecule has 3 nitrogen and oxygen atoms in total. The molecule has 0 spiro atoms. The van der Waals surface area contributed by atoms with Gasteiger partial charge in [0, 0.05) is 28.5 Å². The van der Waals surface area contributed by atoms with Gasteiger partial charge in [-0.05, 0) is 71.4 Å². The molecule has 0 saturated carbocycles. The van der Waals surface area contributed by atoms with Crippen LogP contribution in [0.3, 0.4) is 0 Å². The van der Waals surface area contributed by atoms with E-state index in [0.717, 1.165) is 37.0 Å². The van der Waals surface area contributed by atoms with Crippen molar-refractivity contribution in [3.05, 3.63) is 23.5 Å². The quantitative estimate of drug-likeness (QED) is 0.627. The minimum Gasteiger partial charge on any atom is -0.501 e. The van der Waals surface area contributed by atoms with Crippen LogP contribution in [0.25, 0.3) is 0 Å². The van der Waals surface area contributed by atoms with Crippen LogP contribution < -0.4 is 0 Å². The standard InChI is InChI=1S/C23H39NO2/c1-9-16(3)20-17(10-2)19(26-8)13-12-18(20)21(25)24-22(4,5)14-11-15-23(24,6)7/h12-13,16-17,20H,9-11,14-15H2,1-8H3/t16?,17-,20+/m1/s1. The number of rotatable bonds is 5. The van der Waals surface area contributed by atoms with Crippen molar-refractivity contribution in [2.24, 2.45) is 17.8 Å². The Morgan fingerprint density at radius 2 is 1.77 bits per heavy atom. The topological polar surface area (TPSA) is 29.5 Å². The van der Waals surface area contributed by atoms with E-state index in [1.165, 1.54) is 6.42 Å². The summed E-state index contributed by atoms with van der Waals surface area (Å²) in [7, 11) is 1.75. The lowest BCUT2D eigenvalue weighted by molar-refractivity contribution is -0.145. The third-order valence-corrected chi connectivity index (χ3v) is 6.76. The van der Waals surface area contributed by atoms with Crippen LogP contribution in [0.5, 0.6) is 0 Å². The molecule has 1 fully saturated rings. The van der Waals surface area contributed by atoms with Crippen LogP contribution in [0, 0.1) is 17.8 Å². The molecule has 0 radical (unpaired) electrons. The molecule has 0 aromatic rings. The number of ether oxygens (including phenoxy) is 1. The molecule has 0 aromatic carbocycles. The molecule has 1 aliphatic carbocycles. The summed E-state index contributed by atoms with van der Waals surface area (Å²) in [6, 6.07) is 0. The van der Waals surface area contributed by atoms with E-state index >= 15 is 0 Å². The van der Waals surface area contributed by atoms with Crippen molar-refractivity contribution in [3.63, 3.8) is 0 Å². The van der Waals surface area contributed by atoms with Gasteiger partial charge in [-0.25, -0.2) is 0 Å². The second-order valence-corrected chi connectivity index (χ2v) is 9.44. The van der Waals surface area contributed by atoms with Gasteiger partial charge in [-0.15, -0.1) is 0 Å². The largest absolute Gasteiger partial charge is 0.501 e. The first kappa shape index (κ1) is 21.1. The Labute approximate surface area is 160 Å². The molecule has 1 unspecified atom stereocenters. The highest BCUT2D eigenvalue weighted by Crippen LogP contribution is 2.45. The maximum absolute atomic E-state index is 13.9. The number of hydrogen-bond donors (Lipinski definition) is 0. The molecule has 3 heteroatoms. The first-order valence-corrected chi connectivity index (χ1v) is 10.4. The predicted molar refractivity (Wildman–Crippen MR) is 109 cm³/mol. The van der Waals surface area contributed by atoms with Gasteiger partial charge in [0.1, 0.15) is 0 Å². The lowest BCUT2D eigenvalue weighted by atomic mass is 9.70. The first-order valence-electron chi connectivity index (χ1n) is 10.4. The van der Waals surface area contributed by atoms with Gasteiger partial charge in [0.05, 0.1) is 12.9 Å². The Morgan fingerprint density at radius 1 is 1.19 bits per heavy atom. The number of methoxy groups -OCH3 is 1. The fourth-order valence-corrected chi connectivity index (χ4v) is 5.32. The Bertz CT molecular complexity index is 569. The van der Waals surface area contributed by atoms with Crippen molar-refractivity contribution in [2.75, 3.05) is 7.11 Å². The van der Waals surface area contributed by atoms with E-state index in [4.69, 9.17) is 4.74 Å². The smallest absolute Gasteiger partial charge is 0.250 e. The van der Waals surface area contributed by atoms with Crippen LogP contribution >= 0.6 is 0 Å². The zero-order chi connectivity index (χ0) is 19.7. The lowest BCUT2D eigenvalue weighted by Crippen LogP contribution is -2.61. The molecule has 0 N–H and O–H groups in total. The van der Waals surface area contributed by atoms with Gasteiger partial charge in [0.2, 0.25) is 0 Å². The number of likely N-dealkylation sites (tertiary alicyclic amines) is 1. The highest BCUT2D eigenvalue weighted by atomic mass is 16.5. The van der Waals surface area contributed by atoms with Gasteiger partial charge in [-0.2, -0.15) is 0 Å². The number of piperidine rings is 1. The van der Waals surface area contributed by atoms with E-state index in [1.807, 2.05) is 12.2 Å². The number of carbonyl (C=O) groups is 1. The van der Waals surface area contributed by atoms with E-state index in [9.17, 15) is 4.79 Å². The Kier molecular flexibility index (Phi) is 6.30. The highest BCUT2D eigenvalue weighted by Gasteiger charge is 2.47. The SMILES string of the molecule is CCC(C)[C@@H]1C(C(=O)N2C(C)(C)CCCC2(C)C)=CC=C(OC)[C@H]1CC. The second kappa shape index (κ2) is 7.78.